The Hall–Kier alpha value is -1.53. The first-order valence-corrected chi connectivity index (χ1v) is 6.39. The van der Waals surface area contributed by atoms with E-state index in [1.54, 1.807) is 6.92 Å². The zero-order chi connectivity index (χ0) is 13.2. The topological polar surface area (TPSA) is 53.2 Å². The van der Waals surface area contributed by atoms with E-state index in [0.29, 0.717) is 12.8 Å². The zero-order valence-electron chi connectivity index (χ0n) is 10.9. The van der Waals surface area contributed by atoms with Gasteiger partial charge in [0.2, 0.25) is 0 Å². The maximum absolute atomic E-state index is 10.6. The number of rotatable bonds is 3. The van der Waals surface area contributed by atoms with Gasteiger partial charge in [0, 0.05) is 6.42 Å². The number of hydrogen-bond acceptors (Lipinski definition) is 3. The molecule has 1 aromatic rings. The van der Waals surface area contributed by atoms with E-state index in [4.69, 9.17) is 4.74 Å². The Kier molecular flexibility index (Phi) is 3.32. The Bertz CT molecular complexity index is 476. The highest BCUT2D eigenvalue weighted by Gasteiger charge is 2.50. The van der Waals surface area contributed by atoms with E-state index in [1.807, 2.05) is 31.2 Å². The number of nitrogens with zero attached hydrogens (tertiary/aromatic N) is 1. The van der Waals surface area contributed by atoms with Crippen molar-refractivity contribution in [1.29, 1.82) is 5.26 Å². The highest BCUT2D eigenvalue weighted by atomic mass is 16.5. The number of para-hydroxylation sites is 1. The molecule has 2 atom stereocenters. The van der Waals surface area contributed by atoms with Gasteiger partial charge in [-0.2, -0.15) is 5.26 Å². The van der Waals surface area contributed by atoms with E-state index in [2.05, 4.69) is 6.07 Å². The number of fused-ring (bicyclic) bond motifs is 1. The van der Waals surface area contributed by atoms with E-state index in [0.717, 1.165) is 17.7 Å². The lowest BCUT2D eigenvalue weighted by Crippen LogP contribution is -2.52. The normalized spacial score (nSPS) is 25.4. The molecular formula is C15H19NO2. The van der Waals surface area contributed by atoms with Crippen molar-refractivity contribution in [3.8, 4) is 11.8 Å². The fraction of sp³-hybridized carbons (Fsp3) is 0.533. The van der Waals surface area contributed by atoms with Crippen molar-refractivity contribution in [2.24, 2.45) is 5.41 Å². The van der Waals surface area contributed by atoms with Gasteiger partial charge in [-0.05, 0) is 25.0 Å². The molecule has 1 aliphatic heterocycles. The smallest absolute Gasteiger partial charge is 0.124 e. The highest BCUT2D eigenvalue weighted by molar-refractivity contribution is 5.38. The first kappa shape index (κ1) is 12.9. The minimum Gasteiger partial charge on any atom is -0.492 e. The van der Waals surface area contributed by atoms with E-state index < -0.39 is 11.0 Å². The molecule has 0 saturated carbocycles. The van der Waals surface area contributed by atoms with Crippen LogP contribution in [0.5, 0.6) is 5.75 Å². The van der Waals surface area contributed by atoms with E-state index in [1.165, 1.54) is 0 Å². The first-order valence-electron chi connectivity index (χ1n) is 6.39. The van der Waals surface area contributed by atoms with Crippen LogP contribution in [-0.4, -0.2) is 17.3 Å². The molecule has 0 aliphatic carbocycles. The zero-order valence-corrected chi connectivity index (χ0v) is 10.9. The highest BCUT2D eigenvalue weighted by Crippen LogP contribution is 2.43. The summed E-state index contributed by atoms with van der Waals surface area (Å²) in [6.07, 6.45) is 2.00. The van der Waals surface area contributed by atoms with Gasteiger partial charge in [0.05, 0.1) is 11.7 Å². The summed E-state index contributed by atoms with van der Waals surface area (Å²) in [5.74, 6) is 0.829. The number of benzene rings is 1. The molecule has 0 saturated heterocycles. The van der Waals surface area contributed by atoms with Gasteiger partial charge in [-0.15, -0.1) is 0 Å². The van der Waals surface area contributed by atoms with Crippen molar-refractivity contribution >= 4 is 0 Å². The largest absolute Gasteiger partial charge is 0.492 e. The summed E-state index contributed by atoms with van der Waals surface area (Å²) < 4.78 is 5.68. The van der Waals surface area contributed by atoms with E-state index in [-0.39, 0.29) is 6.61 Å². The second-order valence-corrected chi connectivity index (χ2v) is 5.29. The van der Waals surface area contributed by atoms with Gasteiger partial charge in [-0.3, -0.25) is 0 Å². The average Bonchev–Trinajstić information content (AvgIpc) is 2.37. The molecule has 2 unspecified atom stereocenters. The Morgan fingerprint density at radius 1 is 1.50 bits per heavy atom. The Morgan fingerprint density at radius 2 is 2.22 bits per heavy atom. The van der Waals surface area contributed by atoms with Crippen molar-refractivity contribution in [3.05, 3.63) is 29.8 Å². The summed E-state index contributed by atoms with van der Waals surface area (Å²) in [4.78, 5) is 0. The van der Waals surface area contributed by atoms with Gasteiger partial charge in [0.15, 0.2) is 0 Å². The summed E-state index contributed by atoms with van der Waals surface area (Å²) >= 11 is 0. The quantitative estimate of drug-likeness (QED) is 0.890. The molecule has 0 amide bonds. The fourth-order valence-corrected chi connectivity index (χ4v) is 2.63. The van der Waals surface area contributed by atoms with Crippen LogP contribution in [-0.2, 0) is 6.42 Å². The van der Waals surface area contributed by atoms with Crippen molar-refractivity contribution in [3.63, 3.8) is 0 Å². The molecule has 1 aromatic carbocycles. The molecule has 96 valence electrons. The third kappa shape index (κ3) is 1.97. The van der Waals surface area contributed by atoms with Gasteiger partial charge in [-0.1, -0.05) is 31.5 Å². The SMILES string of the molecule is CCCC(C)(O)C1(C#N)COc2ccccc2C1. The molecule has 18 heavy (non-hydrogen) atoms. The minimum absolute atomic E-state index is 0.257. The number of hydrogen-bond donors (Lipinski definition) is 1. The average molecular weight is 245 g/mol. The molecule has 1 heterocycles. The van der Waals surface area contributed by atoms with Gasteiger partial charge in [0.25, 0.3) is 0 Å². The lowest BCUT2D eigenvalue weighted by molar-refractivity contribution is -0.0724. The van der Waals surface area contributed by atoms with Crippen LogP contribution in [0.4, 0.5) is 0 Å². The second-order valence-electron chi connectivity index (χ2n) is 5.29. The molecule has 3 nitrogen and oxygen atoms in total. The number of nitriles is 1. The predicted molar refractivity (Wildman–Crippen MR) is 69.2 cm³/mol. The summed E-state index contributed by atoms with van der Waals surface area (Å²) in [6, 6.07) is 10.0. The fourth-order valence-electron chi connectivity index (χ4n) is 2.63. The van der Waals surface area contributed by atoms with Crippen molar-refractivity contribution < 1.29 is 9.84 Å². The van der Waals surface area contributed by atoms with Crippen LogP contribution in [0.2, 0.25) is 0 Å². The van der Waals surface area contributed by atoms with Crippen LogP contribution in [0, 0.1) is 16.7 Å². The molecule has 0 fully saturated rings. The lowest BCUT2D eigenvalue weighted by atomic mass is 9.67. The van der Waals surface area contributed by atoms with Crippen LogP contribution in [0.3, 0.4) is 0 Å². The third-order valence-corrected chi connectivity index (χ3v) is 3.92. The van der Waals surface area contributed by atoms with Crippen LogP contribution in [0.15, 0.2) is 24.3 Å². The Labute approximate surface area is 108 Å². The molecule has 0 bridgehead atoms. The van der Waals surface area contributed by atoms with Crippen LogP contribution < -0.4 is 4.74 Å². The van der Waals surface area contributed by atoms with Gasteiger partial charge in [0.1, 0.15) is 17.8 Å². The maximum atomic E-state index is 10.6. The van der Waals surface area contributed by atoms with Gasteiger partial charge in [-0.25, -0.2) is 0 Å². The summed E-state index contributed by atoms with van der Waals surface area (Å²) in [5, 5.41) is 20.2. The molecular weight excluding hydrogens is 226 g/mol. The van der Waals surface area contributed by atoms with Crippen molar-refractivity contribution in [2.45, 2.75) is 38.7 Å². The number of ether oxygens (including phenoxy) is 1. The van der Waals surface area contributed by atoms with Crippen molar-refractivity contribution in [1.82, 2.24) is 0 Å². The summed E-state index contributed by atoms with van der Waals surface area (Å²) in [6.45, 7) is 4.02. The minimum atomic E-state index is -1.02. The van der Waals surface area contributed by atoms with Crippen LogP contribution in [0.1, 0.15) is 32.3 Å². The molecule has 3 heteroatoms. The van der Waals surface area contributed by atoms with E-state index in [9.17, 15) is 10.4 Å². The summed E-state index contributed by atoms with van der Waals surface area (Å²) in [5.41, 5.74) is -0.872. The Morgan fingerprint density at radius 3 is 2.89 bits per heavy atom. The predicted octanol–water partition coefficient (Wildman–Crippen LogP) is 2.68. The Balaban J connectivity index is 2.36. The summed E-state index contributed by atoms with van der Waals surface area (Å²) in [7, 11) is 0. The molecule has 0 radical (unpaired) electrons. The van der Waals surface area contributed by atoms with Crippen molar-refractivity contribution in [2.75, 3.05) is 6.61 Å². The third-order valence-electron chi connectivity index (χ3n) is 3.92. The first-order chi connectivity index (χ1) is 8.54. The monoisotopic (exact) mass is 245 g/mol. The van der Waals surface area contributed by atoms with Crippen LogP contribution >= 0.6 is 0 Å². The van der Waals surface area contributed by atoms with Crippen LogP contribution in [0.25, 0.3) is 0 Å². The second kappa shape index (κ2) is 4.62. The van der Waals surface area contributed by atoms with Gasteiger partial charge < -0.3 is 9.84 Å². The molecule has 0 aromatic heterocycles. The standard InChI is InChI=1S/C15H19NO2/c1-3-8-14(2,17)15(10-16)9-12-6-4-5-7-13(12)18-11-15/h4-7,17H,3,8-9,11H2,1-2H3. The molecule has 1 aliphatic rings. The van der Waals surface area contributed by atoms with Gasteiger partial charge >= 0.3 is 0 Å². The maximum Gasteiger partial charge on any atom is 0.124 e. The molecule has 0 spiro atoms. The van der Waals surface area contributed by atoms with E-state index >= 15 is 0 Å². The number of aliphatic hydroxyl groups is 1. The molecule has 2 rings (SSSR count). The lowest BCUT2D eigenvalue weighted by Gasteiger charge is -2.42. The molecule has 1 N–H and O–H groups in total.